The Morgan fingerprint density at radius 3 is 2.59 bits per heavy atom. The number of carbonyl (C=O) groups excluding carboxylic acids is 1. The molecule has 1 heterocycles. The van der Waals surface area contributed by atoms with Crippen LogP contribution < -0.4 is 4.72 Å². The van der Waals surface area contributed by atoms with Gasteiger partial charge in [-0.05, 0) is 35.9 Å². The van der Waals surface area contributed by atoms with E-state index in [-0.39, 0.29) is 15.9 Å². The van der Waals surface area contributed by atoms with Gasteiger partial charge < -0.3 is 4.90 Å². The van der Waals surface area contributed by atoms with E-state index in [1.54, 1.807) is 38.5 Å². The van der Waals surface area contributed by atoms with Crippen LogP contribution in [0.4, 0.5) is 5.13 Å². The zero-order valence-electron chi connectivity index (χ0n) is 15.8. The molecule has 7 nitrogen and oxygen atoms in total. The van der Waals surface area contributed by atoms with Gasteiger partial charge in [0.1, 0.15) is 0 Å². The Kier molecular flexibility index (Phi) is 5.96. The van der Waals surface area contributed by atoms with E-state index in [2.05, 4.69) is 15.8 Å². The van der Waals surface area contributed by atoms with Gasteiger partial charge in [0.2, 0.25) is 0 Å². The Morgan fingerprint density at radius 1 is 1.21 bits per heavy atom. The summed E-state index contributed by atoms with van der Waals surface area (Å²) in [5.41, 5.74) is 1.87. The maximum absolute atomic E-state index is 12.7. The third kappa shape index (κ3) is 4.99. The molecule has 0 aliphatic rings. The van der Waals surface area contributed by atoms with Crippen LogP contribution in [-0.2, 0) is 16.4 Å². The maximum Gasteiger partial charge on any atom is 0.263 e. The smallest absolute Gasteiger partial charge is 0.263 e. The second-order valence-corrected chi connectivity index (χ2v) is 9.25. The van der Waals surface area contributed by atoms with Crippen molar-refractivity contribution in [2.45, 2.75) is 11.3 Å². The highest BCUT2D eigenvalue weighted by molar-refractivity contribution is 7.93. The number of nitrogens with zero attached hydrogens (tertiary/aromatic N) is 3. The second kappa shape index (κ2) is 8.43. The lowest BCUT2D eigenvalue weighted by Crippen LogP contribution is -2.22. The number of sulfonamides is 1. The van der Waals surface area contributed by atoms with Crippen molar-refractivity contribution in [2.24, 2.45) is 0 Å². The van der Waals surface area contributed by atoms with Crippen molar-refractivity contribution < 1.29 is 13.2 Å². The Labute approximate surface area is 173 Å². The summed E-state index contributed by atoms with van der Waals surface area (Å²) in [5.74, 6) is -0.277. The van der Waals surface area contributed by atoms with Crippen LogP contribution >= 0.6 is 11.3 Å². The summed E-state index contributed by atoms with van der Waals surface area (Å²) in [5, 5.41) is 9.10. The van der Waals surface area contributed by atoms with E-state index in [9.17, 15) is 13.2 Å². The zero-order chi connectivity index (χ0) is 21.0. The fourth-order valence-electron chi connectivity index (χ4n) is 2.56. The van der Waals surface area contributed by atoms with Crippen molar-refractivity contribution in [3.05, 3.63) is 76.3 Å². The zero-order valence-corrected chi connectivity index (χ0v) is 17.4. The van der Waals surface area contributed by atoms with Crippen molar-refractivity contribution in [2.75, 3.05) is 18.8 Å². The lowest BCUT2D eigenvalue weighted by atomic mass is 10.1. The number of amides is 1. The van der Waals surface area contributed by atoms with Gasteiger partial charge in [-0.2, -0.15) is 5.26 Å². The van der Waals surface area contributed by atoms with Crippen LogP contribution in [-0.4, -0.2) is 38.3 Å². The van der Waals surface area contributed by atoms with Crippen molar-refractivity contribution in [3.63, 3.8) is 0 Å². The summed E-state index contributed by atoms with van der Waals surface area (Å²) < 4.78 is 27.8. The van der Waals surface area contributed by atoms with Gasteiger partial charge in [-0.25, -0.2) is 13.4 Å². The van der Waals surface area contributed by atoms with Crippen LogP contribution in [0.25, 0.3) is 0 Å². The normalized spacial score (nSPS) is 10.9. The van der Waals surface area contributed by atoms with Gasteiger partial charge in [0, 0.05) is 37.2 Å². The molecule has 0 radical (unpaired) electrons. The fraction of sp³-hybridized carbons (Fsp3) is 0.150. The molecule has 0 atom stereocenters. The summed E-state index contributed by atoms with van der Waals surface area (Å²) in [7, 11) is -0.665. The van der Waals surface area contributed by atoms with Crippen molar-refractivity contribution in [3.8, 4) is 6.07 Å². The minimum atomic E-state index is -3.87. The number of nitrogens with one attached hydrogen (secondary N) is 1. The largest absolute Gasteiger partial charge is 0.345 e. The second-order valence-electron chi connectivity index (χ2n) is 6.45. The first-order valence-electron chi connectivity index (χ1n) is 8.57. The van der Waals surface area contributed by atoms with E-state index in [0.29, 0.717) is 17.5 Å². The molecule has 148 valence electrons. The predicted molar refractivity (Wildman–Crippen MR) is 111 cm³/mol. The van der Waals surface area contributed by atoms with E-state index < -0.39 is 10.0 Å². The molecule has 0 saturated heterocycles. The van der Waals surface area contributed by atoms with Gasteiger partial charge >= 0.3 is 0 Å². The minimum Gasteiger partial charge on any atom is -0.345 e. The topological polar surface area (TPSA) is 103 Å². The van der Waals surface area contributed by atoms with Crippen molar-refractivity contribution >= 4 is 32.4 Å². The van der Waals surface area contributed by atoms with Crippen LogP contribution in [0, 0.1) is 11.3 Å². The fourth-order valence-corrected chi connectivity index (χ4v) is 4.70. The quantitative estimate of drug-likeness (QED) is 0.652. The number of aromatic nitrogens is 1. The van der Waals surface area contributed by atoms with Gasteiger partial charge in [0.25, 0.3) is 15.9 Å². The van der Waals surface area contributed by atoms with Gasteiger partial charge in [-0.15, -0.1) is 11.3 Å². The molecule has 3 rings (SSSR count). The average molecular weight is 427 g/mol. The Balaban J connectivity index is 1.75. The van der Waals surface area contributed by atoms with Crippen LogP contribution in [0.2, 0.25) is 0 Å². The van der Waals surface area contributed by atoms with E-state index in [0.717, 1.165) is 10.4 Å². The highest BCUT2D eigenvalue weighted by Gasteiger charge is 2.19. The average Bonchev–Trinajstić information content (AvgIpc) is 3.14. The number of anilines is 1. The van der Waals surface area contributed by atoms with Crippen LogP contribution in [0.15, 0.2) is 59.6 Å². The Hall–Kier alpha value is -3.22. The molecular formula is C20H18N4O3S2. The number of carbonyl (C=O) groups is 1. The number of thiazole rings is 1. The highest BCUT2D eigenvalue weighted by Crippen LogP contribution is 2.24. The summed E-state index contributed by atoms with van der Waals surface area (Å²) >= 11 is 1.23. The lowest BCUT2D eigenvalue weighted by Gasteiger charge is -2.11. The first kappa shape index (κ1) is 20.5. The molecule has 0 saturated carbocycles. The summed E-state index contributed by atoms with van der Waals surface area (Å²) in [4.78, 5) is 18.5. The van der Waals surface area contributed by atoms with Crippen LogP contribution in [0.3, 0.4) is 0 Å². The summed E-state index contributed by atoms with van der Waals surface area (Å²) in [6.07, 6.45) is 2.20. The molecule has 0 spiro atoms. The van der Waals surface area contributed by atoms with E-state index >= 15 is 0 Å². The van der Waals surface area contributed by atoms with E-state index in [4.69, 9.17) is 5.26 Å². The number of nitriles is 1. The number of benzene rings is 2. The standard InChI is InChI=1S/C20H18N4O3S2/c1-24(2)19(25)16-4-3-5-18(11-16)29(26,27)23-20-22-13-17(28-20)10-14-6-8-15(12-21)9-7-14/h3-9,11,13H,10H2,1-2H3,(H,22,23). The number of hydrogen-bond acceptors (Lipinski definition) is 6. The van der Waals surface area contributed by atoms with Gasteiger partial charge in [0.05, 0.1) is 16.5 Å². The monoisotopic (exact) mass is 426 g/mol. The first-order valence-corrected chi connectivity index (χ1v) is 10.9. The predicted octanol–water partition coefficient (Wildman–Crippen LogP) is 3.11. The summed E-state index contributed by atoms with van der Waals surface area (Å²) in [6, 6.07) is 15.1. The van der Waals surface area contributed by atoms with Crippen LogP contribution in [0.1, 0.15) is 26.4 Å². The Morgan fingerprint density at radius 2 is 1.93 bits per heavy atom. The molecule has 0 fully saturated rings. The number of hydrogen-bond donors (Lipinski definition) is 1. The van der Waals surface area contributed by atoms with Gasteiger partial charge in [0.15, 0.2) is 5.13 Å². The molecule has 0 bridgehead atoms. The molecule has 0 aliphatic carbocycles. The van der Waals surface area contributed by atoms with E-state index in [1.165, 1.54) is 34.4 Å². The Bertz CT molecular complexity index is 1180. The minimum absolute atomic E-state index is 0.00552. The lowest BCUT2D eigenvalue weighted by molar-refractivity contribution is 0.0827. The van der Waals surface area contributed by atoms with Gasteiger partial charge in [-0.3, -0.25) is 9.52 Å². The molecule has 29 heavy (non-hydrogen) atoms. The highest BCUT2D eigenvalue weighted by atomic mass is 32.2. The molecule has 2 aromatic carbocycles. The maximum atomic E-state index is 12.7. The molecule has 9 heteroatoms. The molecular weight excluding hydrogens is 408 g/mol. The third-order valence-electron chi connectivity index (χ3n) is 4.03. The van der Waals surface area contributed by atoms with E-state index in [1.807, 2.05) is 12.1 Å². The van der Waals surface area contributed by atoms with Crippen LogP contribution in [0.5, 0.6) is 0 Å². The molecule has 1 amide bonds. The van der Waals surface area contributed by atoms with Crippen molar-refractivity contribution in [1.29, 1.82) is 5.26 Å². The third-order valence-corrected chi connectivity index (χ3v) is 6.41. The van der Waals surface area contributed by atoms with Crippen molar-refractivity contribution in [1.82, 2.24) is 9.88 Å². The SMILES string of the molecule is CN(C)C(=O)c1cccc(S(=O)(=O)Nc2ncc(Cc3ccc(C#N)cc3)s2)c1. The number of rotatable bonds is 6. The molecule has 3 aromatic rings. The molecule has 0 aliphatic heterocycles. The molecule has 1 N–H and O–H groups in total. The molecule has 0 unspecified atom stereocenters. The first-order chi connectivity index (χ1) is 13.8. The van der Waals surface area contributed by atoms with Gasteiger partial charge in [-0.1, -0.05) is 18.2 Å². The summed E-state index contributed by atoms with van der Waals surface area (Å²) in [6.45, 7) is 0. The molecule has 1 aromatic heterocycles.